The van der Waals surface area contributed by atoms with Gasteiger partial charge in [-0.2, -0.15) is 0 Å². The Morgan fingerprint density at radius 3 is 1.61 bits per heavy atom. The quantitative estimate of drug-likeness (QED) is 0.199. The van der Waals surface area contributed by atoms with Gasteiger partial charge in [0.1, 0.15) is 17.3 Å². The van der Waals surface area contributed by atoms with Crippen molar-refractivity contribution in [2.24, 2.45) is 4.99 Å². The lowest BCUT2D eigenvalue weighted by Gasteiger charge is -2.25. The minimum Gasteiger partial charge on any atom is -0.456 e. The van der Waals surface area contributed by atoms with Crippen molar-refractivity contribution in [3.05, 3.63) is 199 Å². The summed E-state index contributed by atoms with van der Waals surface area (Å²) in [5.74, 6) is 0. The molecule has 7 aromatic carbocycles. The Bertz CT molecular complexity index is 2480. The van der Waals surface area contributed by atoms with Crippen molar-refractivity contribution in [1.29, 1.82) is 0 Å². The molecule has 49 heavy (non-hydrogen) atoms. The van der Waals surface area contributed by atoms with Crippen molar-refractivity contribution in [1.82, 2.24) is 5.32 Å². The van der Waals surface area contributed by atoms with E-state index >= 15 is 0 Å². The van der Waals surface area contributed by atoms with Crippen LogP contribution in [0.3, 0.4) is 0 Å². The fourth-order valence-electron chi connectivity index (χ4n) is 6.82. The van der Waals surface area contributed by atoms with E-state index in [0.717, 1.165) is 55.6 Å². The van der Waals surface area contributed by atoms with E-state index in [9.17, 15) is 0 Å². The van der Waals surface area contributed by atoms with Gasteiger partial charge in [0.2, 0.25) is 0 Å². The van der Waals surface area contributed by atoms with Crippen LogP contribution in [0.15, 0.2) is 191 Å². The SMILES string of the molecule is C1=C(c2cccc3oc4ccc(-c5ccc(-c6ccccc6)cc5)cc4c23)NC(c2ccc(-c3ccccc3)cc2)N=C1c1ccccc1. The third kappa shape index (κ3) is 5.52. The van der Waals surface area contributed by atoms with E-state index < -0.39 is 0 Å². The van der Waals surface area contributed by atoms with Gasteiger partial charge in [-0.3, -0.25) is 4.99 Å². The fraction of sp³-hybridized carbons (Fsp3) is 0.0217. The van der Waals surface area contributed by atoms with E-state index in [1.54, 1.807) is 0 Å². The minimum atomic E-state index is -0.257. The molecule has 0 bridgehead atoms. The Hall–Kier alpha value is -6.45. The number of hydrogen-bond acceptors (Lipinski definition) is 3. The lowest BCUT2D eigenvalue weighted by molar-refractivity contribution is 0.663. The number of furan rings is 1. The van der Waals surface area contributed by atoms with Crippen LogP contribution >= 0.6 is 0 Å². The smallest absolute Gasteiger partial charge is 0.145 e. The van der Waals surface area contributed by atoms with Crippen molar-refractivity contribution in [2.75, 3.05) is 0 Å². The number of hydrogen-bond donors (Lipinski definition) is 1. The number of rotatable bonds is 6. The topological polar surface area (TPSA) is 37.5 Å². The summed E-state index contributed by atoms with van der Waals surface area (Å²) in [6, 6.07) is 61.7. The van der Waals surface area contributed by atoms with Crippen LogP contribution in [0.2, 0.25) is 0 Å². The van der Waals surface area contributed by atoms with Crippen LogP contribution in [0, 0.1) is 0 Å². The lowest BCUT2D eigenvalue weighted by Crippen LogP contribution is -2.25. The summed E-state index contributed by atoms with van der Waals surface area (Å²) in [4.78, 5) is 5.22. The molecule has 1 atom stereocenters. The lowest BCUT2D eigenvalue weighted by atomic mass is 9.96. The molecular weight excluding hydrogens is 597 g/mol. The van der Waals surface area contributed by atoms with E-state index in [0.29, 0.717) is 0 Å². The summed E-state index contributed by atoms with van der Waals surface area (Å²) in [6.45, 7) is 0. The monoisotopic (exact) mass is 628 g/mol. The molecule has 1 N–H and O–H groups in total. The van der Waals surface area contributed by atoms with Gasteiger partial charge in [-0.15, -0.1) is 0 Å². The van der Waals surface area contributed by atoms with Crippen LogP contribution in [-0.4, -0.2) is 5.71 Å². The van der Waals surface area contributed by atoms with Crippen molar-refractivity contribution >= 4 is 33.3 Å². The highest BCUT2D eigenvalue weighted by atomic mass is 16.3. The van der Waals surface area contributed by atoms with E-state index in [4.69, 9.17) is 9.41 Å². The van der Waals surface area contributed by atoms with Crippen LogP contribution in [0.25, 0.3) is 61.0 Å². The molecule has 0 saturated carbocycles. The van der Waals surface area contributed by atoms with Crippen molar-refractivity contribution in [2.45, 2.75) is 6.17 Å². The predicted molar refractivity (Wildman–Crippen MR) is 203 cm³/mol. The molecule has 0 spiro atoms. The Kier molecular flexibility index (Phi) is 7.21. The molecule has 3 heteroatoms. The Morgan fingerprint density at radius 2 is 0.980 bits per heavy atom. The summed E-state index contributed by atoms with van der Waals surface area (Å²) in [7, 11) is 0. The average molecular weight is 629 g/mol. The molecule has 2 heterocycles. The molecule has 0 fully saturated rings. The van der Waals surface area contributed by atoms with E-state index in [-0.39, 0.29) is 6.17 Å². The highest BCUT2D eigenvalue weighted by molar-refractivity contribution is 6.16. The van der Waals surface area contributed by atoms with E-state index in [1.807, 2.05) is 18.2 Å². The third-order valence-corrected chi connectivity index (χ3v) is 9.36. The van der Waals surface area contributed by atoms with Crippen LogP contribution in [0.4, 0.5) is 0 Å². The summed E-state index contributed by atoms with van der Waals surface area (Å²) in [5, 5.41) is 5.97. The average Bonchev–Trinajstić information content (AvgIpc) is 3.57. The Labute approximate surface area is 285 Å². The number of benzene rings is 7. The van der Waals surface area contributed by atoms with Gasteiger partial charge in [-0.1, -0.05) is 158 Å². The van der Waals surface area contributed by atoms with Gasteiger partial charge < -0.3 is 9.73 Å². The molecule has 0 amide bonds. The molecule has 0 radical (unpaired) electrons. The molecular formula is C46H32N2O. The number of fused-ring (bicyclic) bond motifs is 3. The first-order chi connectivity index (χ1) is 24.3. The maximum Gasteiger partial charge on any atom is 0.145 e. The number of nitrogens with one attached hydrogen (secondary N) is 1. The number of nitrogens with zero attached hydrogens (tertiary/aromatic N) is 1. The van der Waals surface area contributed by atoms with Crippen LogP contribution in [0.1, 0.15) is 22.9 Å². The van der Waals surface area contributed by atoms with Gasteiger partial charge in [0, 0.05) is 22.0 Å². The first-order valence-electron chi connectivity index (χ1n) is 16.7. The number of allylic oxidation sites excluding steroid dienone is 1. The second-order valence-corrected chi connectivity index (χ2v) is 12.4. The summed E-state index contributed by atoms with van der Waals surface area (Å²) >= 11 is 0. The molecule has 9 rings (SSSR count). The zero-order chi connectivity index (χ0) is 32.6. The van der Waals surface area contributed by atoms with Crippen molar-refractivity contribution < 1.29 is 4.42 Å². The molecule has 8 aromatic rings. The Balaban J connectivity index is 1.12. The summed E-state index contributed by atoms with van der Waals surface area (Å²) < 4.78 is 6.44. The fourth-order valence-corrected chi connectivity index (χ4v) is 6.82. The second kappa shape index (κ2) is 12.3. The molecule has 0 saturated heterocycles. The molecule has 1 aliphatic rings. The molecule has 3 nitrogen and oxygen atoms in total. The third-order valence-electron chi connectivity index (χ3n) is 9.36. The molecule has 1 aliphatic heterocycles. The molecule has 1 aromatic heterocycles. The van der Waals surface area contributed by atoms with E-state index in [2.05, 4.69) is 169 Å². The highest BCUT2D eigenvalue weighted by Crippen LogP contribution is 2.38. The number of aliphatic imine (C=N–C) groups is 1. The first kappa shape index (κ1) is 28.7. The largest absolute Gasteiger partial charge is 0.456 e. The first-order valence-corrected chi connectivity index (χ1v) is 16.7. The van der Waals surface area contributed by atoms with Gasteiger partial charge in [0.05, 0.1) is 5.71 Å². The maximum atomic E-state index is 6.44. The second-order valence-electron chi connectivity index (χ2n) is 12.4. The molecule has 1 unspecified atom stereocenters. The summed E-state index contributed by atoms with van der Waals surface area (Å²) in [5.41, 5.74) is 14.1. The van der Waals surface area contributed by atoms with Crippen LogP contribution in [-0.2, 0) is 0 Å². The maximum absolute atomic E-state index is 6.44. The van der Waals surface area contributed by atoms with Gasteiger partial charge in [0.25, 0.3) is 0 Å². The highest BCUT2D eigenvalue weighted by Gasteiger charge is 2.22. The molecule has 0 aliphatic carbocycles. The Morgan fingerprint density at radius 1 is 0.449 bits per heavy atom. The van der Waals surface area contributed by atoms with Crippen molar-refractivity contribution in [3.63, 3.8) is 0 Å². The van der Waals surface area contributed by atoms with Crippen LogP contribution < -0.4 is 5.32 Å². The van der Waals surface area contributed by atoms with Gasteiger partial charge in [-0.05, 0) is 68.8 Å². The molecule has 232 valence electrons. The van der Waals surface area contributed by atoms with Crippen molar-refractivity contribution in [3.8, 4) is 33.4 Å². The van der Waals surface area contributed by atoms with Gasteiger partial charge >= 0.3 is 0 Å². The van der Waals surface area contributed by atoms with Gasteiger partial charge in [0.15, 0.2) is 0 Å². The van der Waals surface area contributed by atoms with Gasteiger partial charge in [-0.25, -0.2) is 0 Å². The van der Waals surface area contributed by atoms with Crippen LogP contribution in [0.5, 0.6) is 0 Å². The zero-order valence-electron chi connectivity index (χ0n) is 26.8. The zero-order valence-corrected chi connectivity index (χ0v) is 26.8. The predicted octanol–water partition coefficient (Wildman–Crippen LogP) is 11.7. The summed E-state index contributed by atoms with van der Waals surface area (Å²) in [6.07, 6.45) is 1.91. The normalized spacial score (nSPS) is 14.3. The van der Waals surface area contributed by atoms with E-state index in [1.165, 1.54) is 27.8 Å². The minimum absolute atomic E-state index is 0.257. The standard InChI is InChI=1S/C46H32N2O/c1-4-11-31(12-5-1)33-19-21-35(22-20-33)38-27-28-43-40(29-38)45-39(17-10-18-44(45)49-43)42-30-41(36-15-8-3-9-16-36)47-46(48-42)37-25-23-34(24-26-37)32-13-6-2-7-14-32/h1-30,46,48H.